The van der Waals surface area contributed by atoms with E-state index in [-0.39, 0.29) is 0 Å². The van der Waals surface area contributed by atoms with Crippen LogP contribution in [0.25, 0.3) is 10.9 Å². The van der Waals surface area contributed by atoms with E-state index in [1.807, 2.05) is 24.3 Å². The Hall–Kier alpha value is -1.52. The monoisotopic (exact) mass is 220 g/mol. The van der Waals surface area contributed by atoms with E-state index in [9.17, 15) is 5.11 Å². The van der Waals surface area contributed by atoms with Crippen LogP contribution < -0.4 is 10.5 Å². The lowest BCUT2D eigenvalue weighted by Crippen LogP contribution is -2.06. The molecule has 0 aliphatic rings. The summed E-state index contributed by atoms with van der Waals surface area (Å²) in [5.41, 5.74) is 7.18. The highest BCUT2D eigenvalue weighted by Gasteiger charge is 2.10. The molecule has 0 aliphatic heterocycles. The molecule has 2 aromatic rings. The first kappa shape index (κ1) is 11.0. The van der Waals surface area contributed by atoms with E-state index in [2.05, 4.69) is 4.98 Å². The fourth-order valence-corrected chi connectivity index (χ4v) is 1.75. The van der Waals surface area contributed by atoms with Gasteiger partial charge < -0.3 is 20.6 Å². The molecule has 0 unspecified atom stereocenters. The standard InChI is InChI=1S/C12H16N2O2/c1-16-9-3-2-8-6-11(12(15)4-5-13)14-10(8)7-9/h2-3,6-7,12,14-15H,4-5,13H2,1H3/t12-/m1/s1. The van der Waals surface area contributed by atoms with Crippen molar-refractivity contribution in [2.45, 2.75) is 12.5 Å². The molecule has 1 heterocycles. The van der Waals surface area contributed by atoms with Gasteiger partial charge in [0.25, 0.3) is 0 Å². The van der Waals surface area contributed by atoms with Crippen molar-refractivity contribution >= 4 is 10.9 Å². The zero-order chi connectivity index (χ0) is 11.5. The highest BCUT2D eigenvalue weighted by molar-refractivity contribution is 5.81. The number of hydrogen-bond donors (Lipinski definition) is 3. The zero-order valence-electron chi connectivity index (χ0n) is 9.23. The molecule has 0 fully saturated rings. The number of ether oxygens (including phenoxy) is 1. The topological polar surface area (TPSA) is 71.3 Å². The van der Waals surface area contributed by atoms with Crippen LogP contribution in [0.3, 0.4) is 0 Å². The minimum Gasteiger partial charge on any atom is -0.497 e. The smallest absolute Gasteiger partial charge is 0.120 e. The molecular weight excluding hydrogens is 204 g/mol. The molecule has 0 saturated carbocycles. The number of aliphatic hydroxyl groups is 1. The second kappa shape index (κ2) is 4.55. The van der Waals surface area contributed by atoms with Crippen LogP contribution in [0.4, 0.5) is 0 Å². The number of rotatable bonds is 4. The van der Waals surface area contributed by atoms with E-state index >= 15 is 0 Å². The van der Waals surface area contributed by atoms with Gasteiger partial charge in [0.05, 0.1) is 13.2 Å². The number of aliphatic hydroxyl groups excluding tert-OH is 1. The molecule has 4 N–H and O–H groups in total. The number of hydrogen-bond acceptors (Lipinski definition) is 3. The Morgan fingerprint density at radius 2 is 2.25 bits per heavy atom. The van der Waals surface area contributed by atoms with Gasteiger partial charge in [0.1, 0.15) is 5.75 Å². The third-order valence-electron chi connectivity index (χ3n) is 2.65. The van der Waals surface area contributed by atoms with Gasteiger partial charge in [0, 0.05) is 22.7 Å². The number of aromatic amines is 1. The Morgan fingerprint density at radius 3 is 2.94 bits per heavy atom. The number of benzene rings is 1. The van der Waals surface area contributed by atoms with E-state index < -0.39 is 6.10 Å². The summed E-state index contributed by atoms with van der Waals surface area (Å²) in [4.78, 5) is 3.17. The molecule has 0 spiro atoms. The Bertz CT molecular complexity index is 479. The molecule has 1 aromatic carbocycles. The lowest BCUT2D eigenvalue weighted by Gasteiger charge is -2.05. The third-order valence-corrected chi connectivity index (χ3v) is 2.65. The largest absolute Gasteiger partial charge is 0.497 e. The third kappa shape index (κ3) is 2.03. The highest BCUT2D eigenvalue weighted by Crippen LogP contribution is 2.24. The maximum atomic E-state index is 9.81. The van der Waals surface area contributed by atoms with Crippen LogP contribution in [-0.2, 0) is 0 Å². The van der Waals surface area contributed by atoms with E-state index in [1.165, 1.54) is 0 Å². The Kier molecular flexibility index (Phi) is 3.12. The molecule has 0 saturated heterocycles. The van der Waals surface area contributed by atoms with Crippen molar-refractivity contribution in [1.29, 1.82) is 0 Å². The first-order chi connectivity index (χ1) is 7.74. The molecule has 16 heavy (non-hydrogen) atoms. The molecule has 0 bridgehead atoms. The lowest BCUT2D eigenvalue weighted by atomic mass is 10.2. The van der Waals surface area contributed by atoms with Crippen LogP contribution >= 0.6 is 0 Å². The summed E-state index contributed by atoms with van der Waals surface area (Å²) in [5.74, 6) is 0.800. The van der Waals surface area contributed by atoms with Crippen molar-refractivity contribution in [3.8, 4) is 5.75 Å². The van der Waals surface area contributed by atoms with Crippen molar-refractivity contribution in [3.05, 3.63) is 30.0 Å². The molecule has 2 rings (SSSR count). The van der Waals surface area contributed by atoms with E-state index in [0.29, 0.717) is 13.0 Å². The number of fused-ring (bicyclic) bond motifs is 1. The molecule has 86 valence electrons. The zero-order valence-corrected chi connectivity index (χ0v) is 9.23. The van der Waals surface area contributed by atoms with Gasteiger partial charge in [0.15, 0.2) is 0 Å². The lowest BCUT2D eigenvalue weighted by molar-refractivity contribution is 0.166. The summed E-state index contributed by atoms with van der Waals surface area (Å²) < 4.78 is 5.14. The second-order valence-electron chi connectivity index (χ2n) is 3.77. The van der Waals surface area contributed by atoms with Crippen molar-refractivity contribution in [1.82, 2.24) is 4.98 Å². The molecular formula is C12H16N2O2. The summed E-state index contributed by atoms with van der Waals surface area (Å²) in [6.07, 6.45) is 0.0348. The van der Waals surface area contributed by atoms with Crippen molar-refractivity contribution < 1.29 is 9.84 Å². The van der Waals surface area contributed by atoms with Gasteiger partial charge in [-0.15, -0.1) is 0 Å². The molecule has 0 aliphatic carbocycles. The minimum atomic E-state index is -0.525. The maximum Gasteiger partial charge on any atom is 0.120 e. The molecule has 4 nitrogen and oxygen atoms in total. The van der Waals surface area contributed by atoms with E-state index in [4.69, 9.17) is 10.5 Å². The molecule has 0 radical (unpaired) electrons. The normalized spacial score (nSPS) is 12.9. The number of H-pyrrole nitrogens is 1. The van der Waals surface area contributed by atoms with Gasteiger partial charge in [0.2, 0.25) is 0 Å². The minimum absolute atomic E-state index is 0.472. The van der Waals surface area contributed by atoms with Gasteiger partial charge in [-0.1, -0.05) is 0 Å². The van der Waals surface area contributed by atoms with Gasteiger partial charge in [-0.2, -0.15) is 0 Å². The summed E-state index contributed by atoms with van der Waals surface area (Å²) in [6, 6.07) is 7.71. The van der Waals surface area contributed by atoms with Crippen LogP contribution in [0.2, 0.25) is 0 Å². The number of nitrogens with one attached hydrogen (secondary N) is 1. The fraction of sp³-hybridized carbons (Fsp3) is 0.333. The summed E-state index contributed by atoms with van der Waals surface area (Å²) in [5, 5.41) is 10.9. The van der Waals surface area contributed by atoms with Gasteiger partial charge in [-0.3, -0.25) is 0 Å². The molecule has 0 amide bonds. The van der Waals surface area contributed by atoms with Crippen LogP contribution in [0, 0.1) is 0 Å². The fourth-order valence-electron chi connectivity index (χ4n) is 1.75. The van der Waals surface area contributed by atoms with Crippen molar-refractivity contribution in [2.75, 3.05) is 13.7 Å². The predicted octanol–water partition coefficient (Wildman–Crippen LogP) is 1.56. The van der Waals surface area contributed by atoms with Crippen LogP contribution in [-0.4, -0.2) is 23.7 Å². The average molecular weight is 220 g/mol. The van der Waals surface area contributed by atoms with Crippen LogP contribution in [0.1, 0.15) is 18.2 Å². The highest BCUT2D eigenvalue weighted by atomic mass is 16.5. The Balaban J connectivity index is 2.35. The number of nitrogens with two attached hydrogens (primary N) is 1. The SMILES string of the molecule is COc1ccc2cc([C@H](O)CCN)[nH]c2c1. The van der Waals surface area contributed by atoms with Crippen molar-refractivity contribution in [3.63, 3.8) is 0 Å². The number of aromatic nitrogens is 1. The Labute approximate surface area is 94.0 Å². The van der Waals surface area contributed by atoms with E-state index in [1.54, 1.807) is 7.11 Å². The molecule has 1 aromatic heterocycles. The van der Waals surface area contributed by atoms with Crippen LogP contribution in [0.5, 0.6) is 5.75 Å². The van der Waals surface area contributed by atoms with E-state index in [0.717, 1.165) is 22.3 Å². The predicted molar refractivity (Wildman–Crippen MR) is 63.5 cm³/mol. The van der Waals surface area contributed by atoms with Gasteiger partial charge in [-0.25, -0.2) is 0 Å². The summed E-state index contributed by atoms with van der Waals surface area (Å²) in [6.45, 7) is 0.472. The molecule has 1 atom stereocenters. The summed E-state index contributed by atoms with van der Waals surface area (Å²) >= 11 is 0. The average Bonchev–Trinajstić information content (AvgIpc) is 2.71. The molecule has 4 heteroatoms. The summed E-state index contributed by atoms with van der Waals surface area (Å²) in [7, 11) is 1.63. The first-order valence-corrected chi connectivity index (χ1v) is 5.29. The quantitative estimate of drug-likeness (QED) is 0.732. The van der Waals surface area contributed by atoms with Gasteiger partial charge >= 0.3 is 0 Å². The second-order valence-corrected chi connectivity index (χ2v) is 3.77. The van der Waals surface area contributed by atoms with Crippen molar-refractivity contribution in [2.24, 2.45) is 5.73 Å². The number of methoxy groups -OCH3 is 1. The van der Waals surface area contributed by atoms with Crippen LogP contribution in [0.15, 0.2) is 24.3 Å². The van der Waals surface area contributed by atoms with Gasteiger partial charge in [-0.05, 0) is 31.2 Å². The Morgan fingerprint density at radius 1 is 1.44 bits per heavy atom. The first-order valence-electron chi connectivity index (χ1n) is 5.29. The maximum absolute atomic E-state index is 9.81.